The molecule has 0 aliphatic rings. The van der Waals surface area contributed by atoms with Crippen LogP contribution in [0.4, 0.5) is 0 Å². The second-order valence-electron chi connectivity index (χ2n) is 5.72. The molecular formula is C18H30ClN. The van der Waals surface area contributed by atoms with E-state index in [-0.39, 0.29) is 0 Å². The predicted molar refractivity (Wildman–Crippen MR) is 89.4 cm³/mol. The highest BCUT2D eigenvalue weighted by Gasteiger charge is 2.00. The minimum atomic E-state index is 0.819. The molecule has 0 atom stereocenters. The fourth-order valence-electron chi connectivity index (χ4n) is 2.56. The Morgan fingerprint density at radius 3 is 1.95 bits per heavy atom. The minimum Gasteiger partial charge on any atom is -0.260 e. The van der Waals surface area contributed by atoms with Gasteiger partial charge in [-0.15, -0.1) is 0 Å². The summed E-state index contributed by atoms with van der Waals surface area (Å²) < 4.78 is 0. The van der Waals surface area contributed by atoms with E-state index in [1.165, 1.54) is 70.6 Å². The maximum absolute atomic E-state index is 6.10. The molecule has 0 fully saturated rings. The number of halogens is 1. The minimum absolute atomic E-state index is 0.819. The van der Waals surface area contributed by atoms with Crippen LogP contribution in [0.1, 0.15) is 83.2 Å². The Bertz CT molecular complexity index is 338. The molecule has 114 valence electrons. The number of pyridine rings is 1. The van der Waals surface area contributed by atoms with Crippen LogP contribution in [-0.4, -0.2) is 4.98 Å². The van der Waals surface area contributed by atoms with E-state index in [2.05, 4.69) is 11.9 Å². The van der Waals surface area contributed by atoms with Crippen LogP contribution < -0.4 is 0 Å². The Morgan fingerprint density at radius 2 is 1.40 bits per heavy atom. The van der Waals surface area contributed by atoms with Crippen LogP contribution in [0.3, 0.4) is 0 Å². The molecule has 20 heavy (non-hydrogen) atoms. The van der Waals surface area contributed by atoms with E-state index in [1.807, 2.05) is 18.3 Å². The first-order valence-electron chi connectivity index (χ1n) is 8.44. The summed E-state index contributed by atoms with van der Waals surface area (Å²) in [5.41, 5.74) is 1.06. The number of unbranched alkanes of at least 4 members (excludes halogenated alkanes) is 10. The first kappa shape index (κ1) is 17.5. The average Bonchev–Trinajstić information content (AvgIpc) is 2.46. The molecule has 0 aliphatic heterocycles. The molecule has 0 unspecified atom stereocenters. The zero-order valence-electron chi connectivity index (χ0n) is 13.0. The predicted octanol–water partition coefficient (Wildman–Crippen LogP) is 6.59. The standard InChI is InChI=1S/C18H30ClN/c1-2-3-4-5-6-7-8-9-10-11-12-15-18-17(19)14-13-16-20-18/h13-14,16H,2-12,15H2,1H3. The zero-order valence-corrected chi connectivity index (χ0v) is 13.8. The van der Waals surface area contributed by atoms with Gasteiger partial charge in [0.25, 0.3) is 0 Å². The Kier molecular flexibility index (Phi) is 10.7. The van der Waals surface area contributed by atoms with Gasteiger partial charge in [-0.1, -0.05) is 82.7 Å². The van der Waals surface area contributed by atoms with Crippen LogP contribution in [0.5, 0.6) is 0 Å². The third kappa shape index (κ3) is 8.58. The molecule has 0 N–H and O–H groups in total. The van der Waals surface area contributed by atoms with E-state index in [9.17, 15) is 0 Å². The van der Waals surface area contributed by atoms with Crippen molar-refractivity contribution in [2.24, 2.45) is 0 Å². The van der Waals surface area contributed by atoms with Gasteiger partial charge < -0.3 is 0 Å². The molecule has 2 heteroatoms. The summed E-state index contributed by atoms with van der Waals surface area (Å²) in [6.07, 6.45) is 18.0. The van der Waals surface area contributed by atoms with Gasteiger partial charge in [-0.3, -0.25) is 4.98 Å². The second kappa shape index (κ2) is 12.2. The van der Waals surface area contributed by atoms with Gasteiger partial charge in [-0.05, 0) is 25.0 Å². The Balaban J connectivity index is 1.87. The highest BCUT2D eigenvalue weighted by atomic mass is 35.5. The third-order valence-electron chi connectivity index (χ3n) is 3.85. The Labute approximate surface area is 130 Å². The number of aromatic nitrogens is 1. The molecule has 0 saturated carbocycles. The van der Waals surface area contributed by atoms with E-state index in [0.717, 1.165) is 17.1 Å². The molecule has 0 aliphatic carbocycles. The maximum Gasteiger partial charge on any atom is 0.0621 e. The van der Waals surface area contributed by atoms with E-state index in [4.69, 9.17) is 11.6 Å². The zero-order chi connectivity index (χ0) is 14.5. The lowest BCUT2D eigenvalue weighted by Crippen LogP contribution is -1.91. The first-order chi connectivity index (χ1) is 9.84. The normalized spacial score (nSPS) is 10.9. The molecule has 1 nitrogen and oxygen atoms in total. The molecule has 0 radical (unpaired) electrons. The van der Waals surface area contributed by atoms with Gasteiger partial charge in [0.2, 0.25) is 0 Å². The van der Waals surface area contributed by atoms with Crippen molar-refractivity contribution in [1.29, 1.82) is 0 Å². The monoisotopic (exact) mass is 295 g/mol. The summed E-state index contributed by atoms with van der Waals surface area (Å²) in [5.74, 6) is 0. The molecule has 0 aromatic carbocycles. The van der Waals surface area contributed by atoms with Crippen LogP contribution >= 0.6 is 11.6 Å². The van der Waals surface area contributed by atoms with Crippen LogP contribution in [0.25, 0.3) is 0 Å². The third-order valence-corrected chi connectivity index (χ3v) is 4.20. The van der Waals surface area contributed by atoms with Gasteiger partial charge >= 0.3 is 0 Å². The summed E-state index contributed by atoms with van der Waals surface area (Å²) >= 11 is 6.10. The fourth-order valence-corrected chi connectivity index (χ4v) is 2.78. The largest absolute Gasteiger partial charge is 0.260 e. The second-order valence-corrected chi connectivity index (χ2v) is 6.12. The van der Waals surface area contributed by atoms with Crippen molar-refractivity contribution in [3.8, 4) is 0 Å². The molecule has 1 aromatic rings. The van der Waals surface area contributed by atoms with Crippen molar-refractivity contribution < 1.29 is 0 Å². The van der Waals surface area contributed by atoms with Gasteiger partial charge in [0.15, 0.2) is 0 Å². The van der Waals surface area contributed by atoms with Crippen LogP contribution in [0.15, 0.2) is 18.3 Å². The van der Waals surface area contributed by atoms with Crippen molar-refractivity contribution in [3.05, 3.63) is 29.0 Å². The molecule has 1 aromatic heterocycles. The SMILES string of the molecule is CCCCCCCCCCCCCc1ncccc1Cl. The number of aryl methyl sites for hydroxylation is 1. The summed E-state index contributed by atoms with van der Waals surface area (Å²) in [4.78, 5) is 4.33. The lowest BCUT2D eigenvalue weighted by atomic mass is 10.0. The van der Waals surface area contributed by atoms with Crippen molar-refractivity contribution in [2.45, 2.75) is 84.0 Å². The molecule has 1 heterocycles. The molecule has 0 spiro atoms. The van der Waals surface area contributed by atoms with E-state index < -0.39 is 0 Å². The lowest BCUT2D eigenvalue weighted by Gasteiger charge is -2.04. The molecule has 0 saturated heterocycles. The number of hydrogen-bond donors (Lipinski definition) is 0. The Morgan fingerprint density at radius 1 is 0.850 bits per heavy atom. The summed E-state index contributed by atoms with van der Waals surface area (Å²) in [6, 6.07) is 3.83. The number of rotatable bonds is 12. The van der Waals surface area contributed by atoms with Gasteiger partial charge in [-0.2, -0.15) is 0 Å². The molecule has 1 rings (SSSR count). The van der Waals surface area contributed by atoms with Crippen molar-refractivity contribution in [3.63, 3.8) is 0 Å². The van der Waals surface area contributed by atoms with E-state index in [0.29, 0.717) is 0 Å². The van der Waals surface area contributed by atoms with E-state index >= 15 is 0 Å². The topological polar surface area (TPSA) is 12.9 Å². The summed E-state index contributed by atoms with van der Waals surface area (Å²) in [6.45, 7) is 2.28. The quantitative estimate of drug-likeness (QED) is 0.396. The smallest absolute Gasteiger partial charge is 0.0621 e. The maximum atomic E-state index is 6.10. The van der Waals surface area contributed by atoms with Gasteiger partial charge in [-0.25, -0.2) is 0 Å². The van der Waals surface area contributed by atoms with Gasteiger partial charge in [0, 0.05) is 6.20 Å². The first-order valence-corrected chi connectivity index (χ1v) is 8.81. The van der Waals surface area contributed by atoms with Crippen molar-refractivity contribution in [1.82, 2.24) is 4.98 Å². The van der Waals surface area contributed by atoms with Crippen LogP contribution in [-0.2, 0) is 6.42 Å². The van der Waals surface area contributed by atoms with E-state index in [1.54, 1.807) is 0 Å². The fraction of sp³-hybridized carbons (Fsp3) is 0.722. The molecule has 0 bridgehead atoms. The van der Waals surface area contributed by atoms with Gasteiger partial charge in [0.05, 0.1) is 10.7 Å². The van der Waals surface area contributed by atoms with Crippen LogP contribution in [0, 0.1) is 0 Å². The summed E-state index contributed by atoms with van der Waals surface area (Å²) in [7, 11) is 0. The Hall–Kier alpha value is -0.560. The summed E-state index contributed by atoms with van der Waals surface area (Å²) in [5, 5.41) is 0.819. The number of hydrogen-bond acceptors (Lipinski definition) is 1. The van der Waals surface area contributed by atoms with Crippen molar-refractivity contribution >= 4 is 11.6 Å². The molecular weight excluding hydrogens is 266 g/mol. The number of nitrogens with zero attached hydrogens (tertiary/aromatic N) is 1. The van der Waals surface area contributed by atoms with Gasteiger partial charge in [0.1, 0.15) is 0 Å². The lowest BCUT2D eigenvalue weighted by molar-refractivity contribution is 0.549. The average molecular weight is 296 g/mol. The van der Waals surface area contributed by atoms with Crippen LogP contribution in [0.2, 0.25) is 5.02 Å². The van der Waals surface area contributed by atoms with Crippen molar-refractivity contribution in [2.75, 3.05) is 0 Å². The highest BCUT2D eigenvalue weighted by Crippen LogP contribution is 2.16. The highest BCUT2D eigenvalue weighted by molar-refractivity contribution is 6.31. The molecule has 0 amide bonds.